The SMILES string of the molecule is CNCCN(CCN=CN)C(=O)CN(CCN=C(N)N)C(=O)CN(CCN=C(N)N)C(=O)CNC. The fourth-order valence-electron chi connectivity index (χ4n) is 2.83. The largest absolute Gasteiger partial charge is 0.390 e. The van der Waals surface area contributed by atoms with Gasteiger partial charge in [0.1, 0.15) is 0 Å². The number of nitrogens with zero attached hydrogens (tertiary/aromatic N) is 6. The van der Waals surface area contributed by atoms with Crippen molar-refractivity contribution in [2.45, 2.75) is 0 Å². The Kier molecular flexibility index (Phi) is 16.8. The van der Waals surface area contributed by atoms with Gasteiger partial charge in [-0.2, -0.15) is 0 Å². The van der Waals surface area contributed by atoms with Crippen molar-refractivity contribution in [3.8, 4) is 0 Å². The number of amides is 3. The zero-order valence-electron chi connectivity index (χ0n) is 20.7. The monoisotopic (exact) mass is 499 g/mol. The first kappa shape index (κ1) is 31.3. The van der Waals surface area contributed by atoms with Crippen molar-refractivity contribution < 1.29 is 14.4 Å². The van der Waals surface area contributed by atoms with Crippen LogP contribution in [-0.2, 0) is 14.4 Å². The number of carbonyl (C=O) groups excluding carboxylic acids is 3. The second-order valence-corrected chi connectivity index (χ2v) is 7.31. The average molecular weight is 500 g/mol. The lowest BCUT2D eigenvalue weighted by atomic mass is 10.3. The molecule has 0 radical (unpaired) electrons. The second kappa shape index (κ2) is 18.7. The lowest BCUT2D eigenvalue weighted by molar-refractivity contribution is -0.143. The van der Waals surface area contributed by atoms with Gasteiger partial charge in [-0.15, -0.1) is 0 Å². The number of nitrogens with one attached hydrogen (secondary N) is 2. The highest BCUT2D eigenvalue weighted by Gasteiger charge is 2.24. The minimum atomic E-state index is -0.452. The summed E-state index contributed by atoms with van der Waals surface area (Å²) in [7, 11) is 3.38. The van der Waals surface area contributed by atoms with Gasteiger partial charge in [-0.3, -0.25) is 29.4 Å². The van der Waals surface area contributed by atoms with E-state index in [0.29, 0.717) is 26.2 Å². The molecule has 0 aliphatic heterocycles. The normalized spacial score (nSPS) is 10.6. The summed E-state index contributed by atoms with van der Waals surface area (Å²) in [4.78, 5) is 54.6. The first-order valence-electron chi connectivity index (χ1n) is 11.1. The van der Waals surface area contributed by atoms with Crippen LogP contribution < -0.4 is 39.3 Å². The lowest BCUT2D eigenvalue weighted by Crippen LogP contribution is -2.50. The van der Waals surface area contributed by atoms with Crippen molar-refractivity contribution in [1.29, 1.82) is 0 Å². The number of carbonyl (C=O) groups is 3. The minimum Gasteiger partial charge on any atom is -0.390 e. The van der Waals surface area contributed by atoms with E-state index in [0.717, 1.165) is 0 Å². The van der Waals surface area contributed by atoms with Gasteiger partial charge in [0.05, 0.1) is 45.6 Å². The molecule has 0 fully saturated rings. The second-order valence-electron chi connectivity index (χ2n) is 7.31. The molecule has 0 aliphatic carbocycles. The maximum atomic E-state index is 13.2. The molecule has 0 atom stereocenters. The summed E-state index contributed by atoms with van der Waals surface area (Å²) in [5, 5.41) is 5.74. The number of hydrogen-bond acceptors (Lipinski definition) is 8. The molecule has 35 heavy (non-hydrogen) atoms. The standard InChI is InChI=1S/C19H41N13O3/c1-25-3-7-30(8-4-27-14-20)16(34)12-32(10-6-29-19(23)24)17(35)13-31(15(33)11-26-2)9-5-28-18(21)22/h14,25-26H,3-13H2,1-2H3,(H2,20,27)(H4,21,22,28)(H4,23,24,29). The van der Waals surface area contributed by atoms with E-state index in [2.05, 4.69) is 25.6 Å². The number of guanidine groups is 2. The van der Waals surface area contributed by atoms with Gasteiger partial charge in [0.25, 0.3) is 0 Å². The molecule has 0 rings (SSSR count). The third kappa shape index (κ3) is 15.0. The molecule has 0 bridgehead atoms. The van der Waals surface area contributed by atoms with Crippen LogP contribution in [0.3, 0.4) is 0 Å². The van der Waals surface area contributed by atoms with Gasteiger partial charge >= 0.3 is 0 Å². The first-order chi connectivity index (χ1) is 16.7. The molecule has 0 saturated heterocycles. The van der Waals surface area contributed by atoms with Gasteiger partial charge in [-0.25, -0.2) is 0 Å². The highest BCUT2D eigenvalue weighted by molar-refractivity contribution is 5.89. The Morgan fingerprint density at radius 1 is 0.714 bits per heavy atom. The lowest BCUT2D eigenvalue weighted by Gasteiger charge is -2.29. The number of nitrogens with two attached hydrogens (primary N) is 5. The number of likely N-dealkylation sites (N-methyl/N-ethyl adjacent to an activating group) is 2. The van der Waals surface area contributed by atoms with E-state index in [-0.39, 0.29) is 69.5 Å². The van der Waals surface area contributed by atoms with Crippen molar-refractivity contribution in [2.75, 3.05) is 86.1 Å². The zero-order chi connectivity index (χ0) is 26.6. The van der Waals surface area contributed by atoms with Crippen LogP contribution in [0.25, 0.3) is 0 Å². The molecule has 200 valence electrons. The average Bonchev–Trinajstić information content (AvgIpc) is 2.79. The molecule has 3 amide bonds. The smallest absolute Gasteiger partial charge is 0.242 e. The number of rotatable bonds is 18. The van der Waals surface area contributed by atoms with Crippen LogP contribution in [0.2, 0.25) is 0 Å². The highest BCUT2D eigenvalue weighted by Crippen LogP contribution is 2.01. The van der Waals surface area contributed by atoms with Crippen LogP contribution >= 0.6 is 0 Å². The van der Waals surface area contributed by atoms with Crippen LogP contribution in [0.15, 0.2) is 15.0 Å². The van der Waals surface area contributed by atoms with Crippen molar-refractivity contribution in [1.82, 2.24) is 25.3 Å². The maximum absolute atomic E-state index is 13.2. The molecule has 0 unspecified atom stereocenters. The van der Waals surface area contributed by atoms with E-state index in [1.807, 2.05) is 0 Å². The van der Waals surface area contributed by atoms with Gasteiger partial charge in [-0.1, -0.05) is 0 Å². The van der Waals surface area contributed by atoms with Gasteiger partial charge in [0, 0.05) is 32.7 Å². The number of hydrogen-bond donors (Lipinski definition) is 7. The molecular formula is C19H41N13O3. The number of aliphatic imine (C=N–C) groups is 3. The zero-order valence-corrected chi connectivity index (χ0v) is 20.7. The summed E-state index contributed by atoms with van der Waals surface area (Å²) in [5.41, 5.74) is 26.7. The molecule has 16 nitrogen and oxygen atoms in total. The predicted molar refractivity (Wildman–Crippen MR) is 136 cm³/mol. The summed E-state index contributed by atoms with van der Waals surface area (Å²) in [6, 6.07) is 0. The Bertz CT molecular complexity index is 734. The predicted octanol–water partition coefficient (Wildman–Crippen LogP) is -5.56. The summed E-state index contributed by atoms with van der Waals surface area (Å²) in [6.45, 7) is 1.54. The van der Waals surface area contributed by atoms with Crippen LogP contribution in [-0.4, -0.2) is 137 Å². The molecule has 16 heteroatoms. The summed E-state index contributed by atoms with van der Waals surface area (Å²) in [6.07, 6.45) is 1.17. The van der Waals surface area contributed by atoms with E-state index in [9.17, 15) is 14.4 Å². The van der Waals surface area contributed by atoms with Crippen LogP contribution in [0.1, 0.15) is 0 Å². The van der Waals surface area contributed by atoms with E-state index < -0.39 is 5.91 Å². The van der Waals surface area contributed by atoms with Crippen molar-refractivity contribution in [3.05, 3.63) is 0 Å². The van der Waals surface area contributed by atoms with Gasteiger partial charge in [0.15, 0.2) is 11.9 Å². The molecule has 0 saturated carbocycles. The summed E-state index contributed by atoms with van der Waals surface area (Å²) in [5.74, 6) is -1.33. The van der Waals surface area contributed by atoms with E-state index in [1.165, 1.54) is 16.1 Å². The van der Waals surface area contributed by atoms with Crippen molar-refractivity contribution >= 4 is 36.0 Å². The van der Waals surface area contributed by atoms with E-state index in [1.54, 1.807) is 19.0 Å². The Labute approximate surface area is 206 Å². The molecule has 0 aromatic carbocycles. The molecule has 0 aromatic heterocycles. The van der Waals surface area contributed by atoms with E-state index in [4.69, 9.17) is 28.7 Å². The van der Waals surface area contributed by atoms with Gasteiger partial charge in [-0.05, 0) is 14.1 Å². The topological polar surface area (TPSA) is 252 Å². The molecule has 0 aliphatic rings. The first-order valence-corrected chi connectivity index (χ1v) is 11.1. The van der Waals surface area contributed by atoms with Crippen LogP contribution in [0.5, 0.6) is 0 Å². The fraction of sp³-hybridized carbons (Fsp3) is 0.684. The Balaban J connectivity index is 5.57. The highest BCUT2D eigenvalue weighted by atomic mass is 16.2. The molecule has 12 N–H and O–H groups in total. The Morgan fingerprint density at radius 3 is 1.66 bits per heavy atom. The maximum Gasteiger partial charge on any atom is 0.242 e. The quantitative estimate of drug-likeness (QED) is 0.0695. The summed E-state index contributed by atoms with van der Waals surface area (Å²) >= 11 is 0. The Hall–Kier alpha value is -3.66. The third-order valence-electron chi connectivity index (χ3n) is 4.60. The van der Waals surface area contributed by atoms with Crippen molar-refractivity contribution in [3.63, 3.8) is 0 Å². The molecule has 0 heterocycles. The van der Waals surface area contributed by atoms with Crippen LogP contribution in [0.4, 0.5) is 0 Å². The minimum absolute atomic E-state index is 0.0154. The van der Waals surface area contributed by atoms with E-state index >= 15 is 0 Å². The molecular weight excluding hydrogens is 458 g/mol. The molecule has 0 aromatic rings. The van der Waals surface area contributed by atoms with Crippen LogP contribution in [0, 0.1) is 0 Å². The third-order valence-corrected chi connectivity index (χ3v) is 4.60. The van der Waals surface area contributed by atoms with Crippen molar-refractivity contribution in [2.24, 2.45) is 43.6 Å². The molecule has 0 spiro atoms. The fourth-order valence-corrected chi connectivity index (χ4v) is 2.83. The summed E-state index contributed by atoms with van der Waals surface area (Å²) < 4.78 is 0. The van der Waals surface area contributed by atoms with Gasteiger partial charge < -0.3 is 54.0 Å². The van der Waals surface area contributed by atoms with Gasteiger partial charge in [0.2, 0.25) is 17.7 Å². The Morgan fingerprint density at radius 2 is 1.20 bits per heavy atom.